The summed E-state index contributed by atoms with van der Waals surface area (Å²) in [4.78, 5) is 38.9. The predicted octanol–water partition coefficient (Wildman–Crippen LogP) is 3.86. The van der Waals surface area contributed by atoms with Crippen molar-refractivity contribution >= 4 is 17.7 Å². The van der Waals surface area contributed by atoms with Crippen molar-refractivity contribution in [3.63, 3.8) is 0 Å². The largest absolute Gasteiger partial charge is 0.483 e. The fourth-order valence-corrected chi connectivity index (χ4v) is 4.03. The molecule has 0 bridgehead atoms. The Kier molecular flexibility index (Phi) is 7.88. The van der Waals surface area contributed by atoms with Crippen LogP contribution < -0.4 is 15.6 Å². The fraction of sp³-hybridized carbons (Fsp3) is 0.464. The van der Waals surface area contributed by atoms with E-state index in [1.54, 1.807) is 4.90 Å². The summed E-state index contributed by atoms with van der Waals surface area (Å²) in [5.41, 5.74) is 7.91. The maximum Gasteiger partial charge on any atom is 0.276 e. The standard InChI is InChI=1S/C28H37N3O4/c1-27(2,3)21-12-13-23(22(15-21)28(4,5)6)35-18-24(32)29-30-26(34)20-14-25(33)31(17-20)16-19-10-8-7-9-11-19/h7-13,15,20H,14,16-18H2,1-6H3,(H,29,32)(H,30,34). The summed E-state index contributed by atoms with van der Waals surface area (Å²) in [6, 6.07) is 15.7. The van der Waals surface area contributed by atoms with Crippen LogP contribution in [-0.2, 0) is 31.8 Å². The molecule has 1 saturated heterocycles. The van der Waals surface area contributed by atoms with Gasteiger partial charge in [0.2, 0.25) is 11.8 Å². The molecule has 2 aromatic rings. The highest BCUT2D eigenvalue weighted by Crippen LogP contribution is 2.35. The molecule has 1 fully saturated rings. The second-order valence-electron chi connectivity index (χ2n) is 11.2. The first-order valence-electron chi connectivity index (χ1n) is 12.0. The third-order valence-corrected chi connectivity index (χ3v) is 6.14. The summed E-state index contributed by atoms with van der Waals surface area (Å²) < 4.78 is 5.83. The van der Waals surface area contributed by atoms with Crippen molar-refractivity contribution in [1.82, 2.24) is 15.8 Å². The molecule has 2 N–H and O–H groups in total. The lowest BCUT2D eigenvalue weighted by molar-refractivity contribution is -0.132. The second-order valence-corrected chi connectivity index (χ2v) is 11.2. The summed E-state index contributed by atoms with van der Waals surface area (Å²) in [5.74, 6) is -0.789. The number of hydrogen-bond donors (Lipinski definition) is 2. The van der Waals surface area contributed by atoms with Crippen LogP contribution in [0.5, 0.6) is 5.75 Å². The minimum Gasteiger partial charge on any atom is -0.483 e. The number of benzene rings is 2. The molecule has 3 amide bonds. The van der Waals surface area contributed by atoms with E-state index in [1.807, 2.05) is 42.5 Å². The minimum absolute atomic E-state index is 0.00150. The van der Waals surface area contributed by atoms with E-state index in [0.29, 0.717) is 18.8 Å². The first kappa shape index (κ1) is 26.3. The summed E-state index contributed by atoms with van der Waals surface area (Å²) in [7, 11) is 0. The number of likely N-dealkylation sites (tertiary alicyclic amines) is 1. The van der Waals surface area contributed by atoms with Gasteiger partial charge in [-0.25, -0.2) is 0 Å². The Morgan fingerprint density at radius 1 is 0.971 bits per heavy atom. The lowest BCUT2D eigenvalue weighted by atomic mass is 9.80. The van der Waals surface area contributed by atoms with Crippen molar-refractivity contribution in [2.45, 2.75) is 65.3 Å². The number of carbonyl (C=O) groups excluding carboxylic acids is 3. The molecule has 0 aliphatic carbocycles. The Morgan fingerprint density at radius 2 is 1.66 bits per heavy atom. The van der Waals surface area contributed by atoms with E-state index >= 15 is 0 Å². The zero-order chi connectivity index (χ0) is 25.8. The molecule has 35 heavy (non-hydrogen) atoms. The third kappa shape index (κ3) is 7.07. The van der Waals surface area contributed by atoms with Gasteiger partial charge in [0.1, 0.15) is 5.75 Å². The first-order chi connectivity index (χ1) is 16.3. The van der Waals surface area contributed by atoms with E-state index in [4.69, 9.17) is 4.74 Å². The molecule has 1 unspecified atom stereocenters. The fourth-order valence-electron chi connectivity index (χ4n) is 4.03. The molecule has 3 rings (SSSR count). The topological polar surface area (TPSA) is 87.7 Å². The summed E-state index contributed by atoms with van der Waals surface area (Å²) in [6.07, 6.45) is 0.125. The number of hydrazine groups is 1. The molecule has 2 aromatic carbocycles. The molecule has 0 radical (unpaired) electrons. The van der Waals surface area contributed by atoms with Gasteiger partial charge in [-0.15, -0.1) is 0 Å². The van der Waals surface area contributed by atoms with Crippen molar-refractivity contribution in [1.29, 1.82) is 0 Å². The van der Waals surface area contributed by atoms with Gasteiger partial charge < -0.3 is 9.64 Å². The van der Waals surface area contributed by atoms with Gasteiger partial charge in [-0.1, -0.05) is 84.0 Å². The number of nitrogens with zero attached hydrogens (tertiary/aromatic N) is 1. The number of amides is 3. The van der Waals surface area contributed by atoms with Gasteiger partial charge in [-0.3, -0.25) is 25.2 Å². The van der Waals surface area contributed by atoms with Crippen LogP contribution in [0, 0.1) is 5.92 Å². The smallest absolute Gasteiger partial charge is 0.276 e. The number of hydrogen-bond acceptors (Lipinski definition) is 4. The molecule has 188 valence electrons. The Balaban J connectivity index is 1.52. The van der Waals surface area contributed by atoms with Crippen LogP contribution in [0.3, 0.4) is 0 Å². The summed E-state index contributed by atoms with van der Waals surface area (Å²) in [5, 5.41) is 0. The van der Waals surface area contributed by atoms with Crippen LogP contribution in [0.4, 0.5) is 0 Å². The van der Waals surface area contributed by atoms with Gasteiger partial charge in [0.05, 0.1) is 5.92 Å². The van der Waals surface area contributed by atoms with Gasteiger partial charge in [-0.2, -0.15) is 0 Å². The van der Waals surface area contributed by atoms with Crippen molar-refractivity contribution < 1.29 is 19.1 Å². The van der Waals surface area contributed by atoms with Crippen LogP contribution in [-0.4, -0.2) is 35.8 Å². The average molecular weight is 480 g/mol. The normalized spacial score (nSPS) is 16.2. The van der Waals surface area contributed by atoms with Crippen LogP contribution >= 0.6 is 0 Å². The maximum atomic E-state index is 12.5. The molecule has 0 saturated carbocycles. The quantitative estimate of drug-likeness (QED) is 0.616. The molecule has 0 aromatic heterocycles. The lowest BCUT2D eigenvalue weighted by Gasteiger charge is -2.27. The monoisotopic (exact) mass is 479 g/mol. The van der Waals surface area contributed by atoms with Crippen molar-refractivity contribution in [3.05, 3.63) is 65.2 Å². The zero-order valence-corrected chi connectivity index (χ0v) is 21.6. The third-order valence-electron chi connectivity index (χ3n) is 6.14. The molecule has 1 aliphatic rings. The Morgan fingerprint density at radius 3 is 2.29 bits per heavy atom. The molecule has 1 heterocycles. The molecular formula is C28H37N3O4. The second kappa shape index (κ2) is 10.5. The van der Waals surface area contributed by atoms with Crippen LogP contribution in [0.1, 0.15) is 64.7 Å². The van der Waals surface area contributed by atoms with Crippen molar-refractivity contribution in [3.8, 4) is 5.75 Å². The predicted molar refractivity (Wildman–Crippen MR) is 136 cm³/mol. The van der Waals surface area contributed by atoms with Crippen molar-refractivity contribution in [2.24, 2.45) is 5.92 Å². The minimum atomic E-state index is -0.509. The Bertz CT molecular complexity index is 1070. The van der Waals surface area contributed by atoms with Gasteiger partial charge in [0, 0.05) is 19.5 Å². The van der Waals surface area contributed by atoms with Gasteiger partial charge in [0.25, 0.3) is 5.91 Å². The maximum absolute atomic E-state index is 12.5. The summed E-state index contributed by atoms with van der Waals surface area (Å²) >= 11 is 0. The lowest BCUT2D eigenvalue weighted by Crippen LogP contribution is -2.46. The highest BCUT2D eigenvalue weighted by Gasteiger charge is 2.34. The number of carbonyl (C=O) groups is 3. The van der Waals surface area contributed by atoms with Crippen LogP contribution in [0.2, 0.25) is 0 Å². The zero-order valence-electron chi connectivity index (χ0n) is 21.6. The SMILES string of the molecule is CC(C)(C)c1ccc(OCC(=O)NNC(=O)C2CC(=O)N(Cc3ccccc3)C2)c(C(C)(C)C)c1. The van der Waals surface area contributed by atoms with E-state index in [0.717, 1.165) is 11.1 Å². The number of rotatable bonds is 6. The van der Waals surface area contributed by atoms with E-state index in [9.17, 15) is 14.4 Å². The van der Waals surface area contributed by atoms with E-state index in [2.05, 4.69) is 58.5 Å². The Labute approximate surface area is 208 Å². The molecule has 7 heteroatoms. The molecular weight excluding hydrogens is 442 g/mol. The highest BCUT2D eigenvalue weighted by atomic mass is 16.5. The summed E-state index contributed by atoms with van der Waals surface area (Å²) in [6.45, 7) is 13.3. The number of ether oxygens (including phenoxy) is 1. The van der Waals surface area contributed by atoms with E-state index in [1.165, 1.54) is 5.56 Å². The first-order valence-corrected chi connectivity index (χ1v) is 12.0. The Hall–Kier alpha value is -3.35. The molecule has 0 spiro atoms. The van der Waals surface area contributed by atoms with Gasteiger partial charge in [-0.05, 0) is 33.6 Å². The average Bonchev–Trinajstić information content (AvgIpc) is 3.15. The van der Waals surface area contributed by atoms with E-state index < -0.39 is 11.8 Å². The molecule has 1 atom stereocenters. The number of nitrogens with one attached hydrogen (secondary N) is 2. The molecule has 1 aliphatic heterocycles. The van der Waals surface area contributed by atoms with Gasteiger partial charge >= 0.3 is 0 Å². The van der Waals surface area contributed by atoms with Gasteiger partial charge in [0.15, 0.2) is 6.61 Å². The van der Waals surface area contributed by atoms with Crippen LogP contribution in [0.15, 0.2) is 48.5 Å². The highest BCUT2D eigenvalue weighted by molar-refractivity contribution is 5.90. The molecule has 7 nitrogen and oxygen atoms in total. The van der Waals surface area contributed by atoms with Crippen molar-refractivity contribution in [2.75, 3.05) is 13.2 Å². The van der Waals surface area contributed by atoms with Crippen LogP contribution in [0.25, 0.3) is 0 Å². The van der Waals surface area contributed by atoms with E-state index in [-0.39, 0.29) is 35.7 Å².